The van der Waals surface area contributed by atoms with Crippen LogP contribution in [0, 0.1) is 6.92 Å². The third kappa shape index (κ3) is 2.31. The van der Waals surface area contributed by atoms with Gasteiger partial charge in [-0.3, -0.25) is 0 Å². The second-order valence-corrected chi connectivity index (χ2v) is 6.39. The highest BCUT2D eigenvalue weighted by molar-refractivity contribution is 7.13. The van der Waals surface area contributed by atoms with E-state index >= 15 is 0 Å². The molecular formula is C16H19N3S. The van der Waals surface area contributed by atoms with Crippen LogP contribution in [0.15, 0.2) is 29.8 Å². The monoisotopic (exact) mass is 285 g/mol. The second kappa shape index (κ2) is 4.94. The predicted molar refractivity (Wildman–Crippen MR) is 86.3 cm³/mol. The SMILES string of the molecule is Cc1ccc2c(c1)c(C[C@H](C)c1csc(N)n1)cn2C. The third-order valence-corrected chi connectivity index (χ3v) is 4.49. The zero-order chi connectivity index (χ0) is 14.3. The summed E-state index contributed by atoms with van der Waals surface area (Å²) in [6.45, 7) is 4.35. The van der Waals surface area contributed by atoms with E-state index in [1.807, 2.05) is 0 Å². The van der Waals surface area contributed by atoms with E-state index in [4.69, 9.17) is 5.73 Å². The van der Waals surface area contributed by atoms with Gasteiger partial charge in [0.15, 0.2) is 5.13 Å². The van der Waals surface area contributed by atoms with Gasteiger partial charge in [-0.2, -0.15) is 0 Å². The molecule has 0 radical (unpaired) electrons. The van der Waals surface area contributed by atoms with Crippen molar-refractivity contribution in [1.82, 2.24) is 9.55 Å². The van der Waals surface area contributed by atoms with Gasteiger partial charge in [-0.25, -0.2) is 4.98 Å². The van der Waals surface area contributed by atoms with Crippen LogP contribution in [-0.2, 0) is 13.5 Å². The van der Waals surface area contributed by atoms with Crippen molar-refractivity contribution >= 4 is 27.4 Å². The molecule has 2 aromatic heterocycles. The van der Waals surface area contributed by atoms with E-state index in [9.17, 15) is 0 Å². The summed E-state index contributed by atoms with van der Waals surface area (Å²) in [5.41, 5.74) is 10.8. The van der Waals surface area contributed by atoms with Crippen molar-refractivity contribution in [3.05, 3.63) is 46.6 Å². The van der Waals surface area contributed by atoms with E-state index in [-0.39, 0.29) is 0 Å². The number of nitrogen functional groups attached to an aromatic ring is 1. The van der Waals surface area contributed by atoms with Gasteiger partial charge in [0, 0.05) is 35.4 Å². The maximum Gasteiger partial charge on any atom is 0.180 e. The predicted octanol–water partition coefficient (Wildman–Crippen LogP) is 3.87. The Morgan fingerprint density at radius 1 is 1.40 bits per heavy atom. The molecule has 0 bridgehead atoms. The van der Waals surface area contributed by atoms with Gasteiger partial charge in [-0.1, -0.05) is 18.6 Å². The van der Waals surface area contributed by atoms with Crippen LogP contribution < -0.4 is 5.73 Å². The van der Waals surface area contributed by atoms with Crippen LogP contribution in [-0.4, -0.2) is 9.55 Å². The molecular weight excluding hydrogens is 266 g/mol. The van der Waals surface area contributed by atoms with Crippen LogP contribution >= 0.6 is 11.3 Å². The molecule has 4 heteroatoms. The molecule has 2 N–H and O–H groups in total. The highest BCUT2D eigenvalue weighted by atomic mass is 32.1. The van der Waals surface area contributed by atoms with E-state index in [0.29, 0.717) is 11.0 Å². The summed E-state index contributed by atoms with van der Waals surface area (Å²) in [4.78, 5) is 4.40. The molecule has 20 heavy (non-hydrogen) atoms. The van der Waals surface area contributed by atoms with E-state index in [0.717, 1.165) is 12.1 Å². The molecule has 0 saturated carbocycles. The summed E-state index contributed by atoms with van der Waals surface area (Å²) < 4.78 is 2.20. The number of aryl methyl sites for hydroxylation is 2. The summed E-state index contributed by atoms with van der Waals surface area (Å²) in [5.74, 6) is 0.384. The molecule has 3 rings (SSSR count). The lowest BCUT2D eigenvalue weighted by atomic mass is 9.98. The van der Waals surface area contributed by atoms with E-state index in [1.165, 1.54) is 33.4 Å². The van der Waals surface area contributed by atoms with Gasteiger partial charge < -0.3 is 10.3 Å². The molecule has 0 saturated heterocycles. The average Bonchev–Trinajstić information content (AvgIpc) is 2.95. The Kier molecular flexibility index (Phi) is 3.26. The van der Waals surface area contributed by atoms with Crippen LogP contribution in [0.4, 0.5) is 5.13 Å². The second-order valence-electron chi connectivity index (χ2n) is 5.50. The molecule has 0 unspecified atom stereocenters. The number of thiazole rings is 1. The van der Waals surface area contributed by atoms with E-state index < -0.39 is 0 Å². The first-order chi connectivity index (χ1) is 9.54. The summed E-state index contributed by atoms with van der Waals surface area (Å²) in [6.07, 6.45) is 3.22. The minimum absolute atomic E-state index is 0.384. The molecule has 3 nitrogen and oxygen atoms in total. The maximum absolute atomic E-state index is 5.73. The van der Waals surface area contributed by atoms with Gasteiger partial charge >= 0.3 is 0 Å². The minimum atomic E-state index is 0.384. The first-order valence-electron chi connectivity index (χ1n) is 6.80. The molecule has 104 valence electrons. The lowest BCUT2D eigenvalue weighted by Gasteiger charge is -2.07. The van der Waals surface area contributed by atoms with Crippen molar-refractivity contribution in [2.75, 3.05) is 5.73 Å². The highest BCUT2D eigenvalue weighted by Crippen LogP contribution is 2.28. The zero-order valence-electron chi connectivity index (χ0n) is 12.1. The number of hydrogen-bond donors (Lipinski definition) is 1. The Labute approximate surface area is 123 Å². The molecule has 1 atom stereocenters. The largest absolute Gasteiger partial charge is 0.375 e. The molecule has 2 heterocycles. The highest BCUT2D eigenvalue weighted by Gasteiger charge is 2.14. The summed E-state index contributed by atoms with van der Waals surface area (Å²) in [6, 6.07) is 6.63. The standard InChI is InChI=1S/C16H19N3S/c1-10-4-5-15-13(6-10)12(8-19(15)3)7-11(2)14-9-20-16(17)18-14/h4-6,8-9,11H,7H2,1-3H3,(H2,17,18)/t11-/m0/s1. The number of nitrogens with two attached hydrogens (primary N) is 1. The molecule has 0 amide bonds. The Morgan fingerprint density at radius 3 is 2.90 bits per heavy atom. The van der Waals surface area contributed by atoms with Gasteiger partial charge in [0.2, 0.25) is 0 Å². The molecule has 0 spiro atoms. The van der Waals surface area contributed by atoms with Crippen molar-refractivity contribution in [2.24, 2.45) is 7.05 Å². The molecule has 1 aromatic carbocycles. The topological polar surface area (TPSA) is 43.8 Å². The van der Waals surface area contributed by atoms with Crippen molar-refractivity contribution < 1.29 is 0 Å². The Bertz CT molecular complexity index is 754. The molecule has 3 aromatic rings. The zero-order valence-corrected chi connectivity index (χ0v) is 12.9. The Morgan fingerprint density at radius 2 is 2.20 bits per heavy atom. The van der Waals surface area contributed by atoms with Crippen molar-refractivity contribution in [3.8, 4) is 0 Å². The fourth-order valence-corrected chi connectivity index (χ4v) is 3.40. The third-order valence-electron chi connectivity index (χ3n) is 3.80. The molecule has 0 aliphatic rings. The van der Waals surface area contributed by atoms with Crippen molar-refractivity contribution in [1.29, 1.82) is 0 Å². The summed E-state index contributed by atoms with van der Waals surface area (Å²) in [7, 11) is 2.10. The fourth-order valence-electron chi connectivity index (χ4n) is 2.71. The van der Waals surface area contributed by atoms with Crippen molar-refractivity contribution in [2.45, 2.75) is 26.2 Å². The van der Waals surface area contributed by atoms with Crippen LogP contribution in [0.1, 0.15) is 29.7 Å². The average molecular weight is 285 g/mol. The number of anilines is 1. The minimum Gasteiger partial charge on any atom is -0.375 e. The van der Waals surface area contributed by atoms with Gasteiger partial charge in [-0.05, 0) is 31.0 Å². The molecule has 0 aliphatic carbocycles. The smallest absolute Gasteiger partial charge is 0.180 e. The number of aromatic nitrogens is 2. The number of benzene rings is 1. The van der Waals surface area contributed by atoms with Crippen LogP contribution in [0.5, 0.6) is 0 Å². The van der Waals surface area contributed by atoms with Crippen LogP contribution in [0.25, 0.3) is 10.9 Å². The fraction of sp³-hybridized carbons (Fsp3) is 0.312. The van der Waals surface area contributed by atoms with Gasteiger partial charge in [0.1, 0.15) is 0 Å². The van der Waals surface area contributed by atoms with Gasteiger partial charge in [0.05, 0.1) is 5.69 Å². The van der Waals surface area contributed by atoms with Crippen molar-refractivity contribution in [3.63, 3.8) is 0 Å². The van der Waals surface area contributed by atoms with Gasteiger partial charge in [0.25, 0.3) is 0 Å². The normalized spacial score (nSPS) is 12.9. The number of rotatable bonds is 3. The number of hydrogen-bond acceptors (Lipinski definition) is 3. The number of fused-ring (bicyclic) bond motifs is 1. The maximum atomic E-state index is 5.73. The molecule has 0 aliphatic heterocycles. The van der Waals surface area contributed by atoms with E-state index in [2.05, 4.69) is 60.2 Å². The summed E-state index contributed by atoms with van der Waals surface area (Å²) >= 11 is 1.52. The first kappa shape index (κ1) is 13.2. The quantitative estimate of drug-likeness (QED) is 0.794. The first-order valence-corrected chi connectivity index (χ1v) is 7.68. The Hall–Kier alpha value is -1.81. The lowest BCUT2D eigenvalue weighted by molar-refractivity contribution is 0.738. The van der Waals surface area contributed by atoms with Gasteiger partial charge in [-0.15, -0.1) is 11.3 Å². The van der Waals surface area contributed by atoms with E-state index in [1.54, 1.807) is 0 Å². The summed E-state index contributed by atoms with van der Waals surface area (Å²) in [5, 5.41) is 4.07. The molecule has 0 fully saturated rings. The Balaban J connectivity index is 1.96. The van der Waals surface area contributed by atoms with Crippen LogP contribution in [0.3, 0.4) is 0 Å². The van der Waals surface area contributed by atoms with Crippen LogP contribution in [0.2, 0.25) is 0 Å². The number of nitrogens with zero attached hydrogens (tertiary/aromatic N) is 2. The lowest BCUT2D eigenvalue weighted by Crippen LogP contribution is -1.99.